The van der Waals surface area contributed by atoms with Gasteiger partial charge < -0.3 is 29.4 Å². The Labute approximate surface area is 141 Å². The van der Waals surface area contributed by atoms with Gasteiger partial charge in [-0.3, -0.25) is 18.9 Å². The monoisotopic (exact) mass is 378 g/mol. The SMILES string of the molecule is CN1CN([C@H]2C[C@H](O)[C@@H](COP(=O)(O)O)O2)c2[nH]c(=O)n(C)c(=O)c21. The van der Waals surface area contributed by atoms with Crippen molar-refractivity contribution in [2.45, 2.75) is 24.9 Å². The van der Waals surface area contributed by atoms with E-state index in [9.17, 15) is 19.3 Å². The molecule has 12 nitrogen and oxygen atoms in total. The van der Waals surface area contributed by atoms with Crippen LogP contribution in [0.3, 0.4) is 0 Å². The molecule has 3 heterocycles. The summed E-state index contributed by atoms with van der Waals surface area (Å²) >= 11 is 0. The molecule has 25 heavy (non-hydrogen) atoms. The lowest BCUT2D eigenvalue weighted by Crippen LogP contribution is -2.38. The molecule has 140 valence electrons. The molecule has 1 saturated heterocycles. The normalized spacial score (nSPS) is 26.4. The standard InChI is InChI=1S/C12H19N4O8P/c1-14-5-16(10-9(14)11(18)15(2)12(19)13-10)8-3-6(17)7(24-8)4-23-25(20,21)22/h6-8,17H,3-5H2,1-2H3,(H,13,19)(H2,20,21,22)/t6-,7+,8+/m0/s1. The van der Waals surface area contributed by atoms with Crippen LogP contribution in [0.1, 0.15) is 6.42 Å². The highest BCUT2D eigenvalue weighted by molar-refractivity contribution is 7.46. The molecule has 1 aromatic heterocycles. The van der Waals surface area contributed by atoms with Crippen LogP contribution < -0.4 is 21.0 Å². The van der Waals surface area contributed by atoms with Gasteiger partial charge in [0.15, 0.2) is 0 Å². The van der Waals surface area contributed by atoms with Gasteiger partial charge in [-0.15, -0.1) is 0 Å². The number of phosphoric ester groups is 1. The number of ether oxygens (including phenoxy) is 1. The third-order valence-corrected chi connectivity index (χ3v) is 4.74. The summed E-state index contributed by atoms with van der Waals surface area (Å²) in [7, 11) is -1.63. The van der Waals surface area contributed by atoms with Gasteiger partial charge in [-0.05, 0) is 0 Å². The van der Waals surface area contributed by atoms with E-state index < -0.39 is 44.1 Å². The molecule has 0 amide bonds. The van der Waals surface area contributed by atoms with Gasteiger partial charge in [0.05, 0.1) is 19.4 Å². The van der Waals surface area contributed by atoms with Gasteiger partial charge >= 0.3 is 13.5 Å². The third-order valence-electron chi connectivity index (χ3n) is 4.25. The Morgan fingerprint density at radius 1 is 1.36 bits per heavy atom. The molecule has 2 aliphatic rings. The number of anilines is 2. The topological polar surface area (TPSA) is 158 Å². The molecule has 2 aliphatic heterocycles. The summed E-state index contributed by atoms with van der Waals surface area (Å²) in [6, 6.07) is 0. The number of aliphatic hydroxyl groups excluding tert-OH is 1. The van der Waals surface area contributed by atoms with Gasteiger partial charge in [-0.1, -0.05) is 0 Å². The van der Waals surface area contributed by atoms with Gasteiger partial charge in [0.1, 0.15) is 23.8 Å². The molecule has 0 spiro atoms. The maximum atomic E-state index is 12.3. The second kappa shape index (κ2) is 6.24. The predicted molar refractivity (Wildman–Crippen MR) is 85.3 cm³/mol. The second-order valence-corrected chi connectivity index (χ2v) is 7.26. The Bertz CT molecular complexity index is 831. The number of nitrogens with zero attached hydrogens (tertiary/aromatic N) is 3. The van der Waals surface area contributed by atoms with Crippen molar-refractivity contribution < 1.29 is 28.7 Å². The first-order valence-electron chi connectivity index (χ1n) is 7.43. The minimum atomic E-state index is -4.68. The lowest BCUT2D eigenvalue weighted by Gasteiger charge is -2.25. The van der Waals surface area contributed by atoms with E-state index in [1.807, 2.05) is 0 Å². The van der Waals surface area contributed by atoms with E-state index in [0.717, 1.165) is 4.57 Å². The van der Waals surface area contributed by atoms with Gasteiger partial charge in [-0.25, -0.2) is 9.36 Å². The Hall–Kier alpha value is -1.69. The van der Waals surface area contributed by atoms with Crippen LogP contribution in [-0.4, -0.2) is 63.2 Å². The Morgan fingerprint density at radius 2 is 2.04 bits per heavy atom. The van der Waals surface area contributed by atoms with Crippen LogP contribution in [-0.2, 0) is 20.9 Å². The van der Waals surface area contributed by atoms with Crippen molar-refractivity contribution in [2.24, 2.45) is 7.05 Å². The number of aromatic nitrogens is 2. The fourth-order valence-corrected chi connectivity index (χ4v) is 3.32. The average molecular weight is 378 g/mol. The van der Waals surface area contributed by atoms with Crippen LogP contribution in [0.2, 0.25) is 0 Å². The van der Waals surface area contributed by atoms with Crippen molar-refractivity contribution in [2.75, 3.05) is 30.1 Å². The molecule has 0 unspecified atom stereocenters. The molecule has 0 aliphatic carbocycles. The minimum Gasteiger partial charge on any atom is -0.390 e. The molecule has 13 heteroatoms. The number of rotatable bonds is 4. The highest BCUT2D eigenvalue weighted by Crippen LogP contribution is 2.39. The zero-order chi connectivity index (χ0) is 18.5. The Balaban J connectivity index is 1.83. The molecule has 0 aromatic carbocycles. The molecule has 0 saturated carbocycles. The summed E-state index contributed by atoms with van der Waals surface area (Å²) in [6.45, 7) is -0.237. The number of phosphoric acid groups is 1. The summed E-state index contributed by atoms with van der Waals surface area (Å²) < 4.78 is 21.7. The highest BCUT2D eigenvalue weighted by Gasteiger charge is 2.42. The van der Waals surface area contributed by atoms with Gasteiger partial charge in [0.25, 0.3) is 5.56 Å². The van der Waals surface area contributed by atoms with E-state index in [-0.39, 0.29) is 18.9 Å². The summed E-state index contributed by atoms with van der Waals surface area (Å²) in [4.78, 5) is 47.5. The molecule has 3 atom stereocenters. The van der Waals surface area contributed by atoms with Crippen LogP contribution in [0.4, 0.5) is 11.5 Å². The first kappa shape index (κ1) is 18.1. The van der Waals surface area contributed by atoms with Crippen LogP contribution in [0, 0.1) is 0 Å². The van der Waals surface area contributed by atoms with Gasteiger partial charge in [-0.2, -0.15) is 0 Å². The van der Waals surface area contributed by atoms with Crippen molar-refractivity contribution in [3.05, 3.63) is 20.8 Å². The molecular weight excluding hydrogens is 359 g/mol. The van der Waals surface area contributed by atoms with Crippen LogP contribution in [0.15, 0.2) is 9.59 Å². The highest BCUT2D eigenvalue weighted by atomic mass is 31.2. The molecular formula is C12H19N4O8P. The Kier molecular flexibility index (Phi) is 4.52. The van der Waals surface area contributed by atoms with Crippen molar-refractivity contribution in [3.63, 3.8) is 0 Å². The fraction of sp³-hybridized carbons (Fsp3) is 0.667. The van der Waals surface area contributed by atoms with Gasteiger partial charge in [0, 0.05) is 20.5 Å². The molecule has 0 radical (unpaired) electrons. The number of aliphatic hydroxyl groups is 1. The van der Waals surface area contributed by atoms with Gasteiger partial charge in [0.2, 0.25) is 0 Å². The number of hydrogen-bond acceptors (Lipinski definition) is 8. The second-order valence-electron chi connectivity index (χ2n) is 6.02. The first-order chi connectivity index (χ1) is 11.6. The zero-order valence-corrected chi connectivity index (χ0v) is 14.4. The number of aromatic amines is 1. The van der Waals surface area contributed by atoms with E-state index in [4.69, 9.17) is 14.5 Å². The van der Waals surface area contributed by atoms with Crippen LogP contribution in [0.25, 0.3) is 0 Å². The molecule has 3 rings (SSSR count). The first-order valence-corrected chi connectivity index (χ1v) is 8.96. The maximum absolute atomic E-state index is 12.3. The minimum absolute atomic E-state index is 0.125. The Morgan fingerprint density at radius 3 is 2.68 bits per heavy atom. The fourth-order valence-electron chi connectivity index (χ4n) is 2.98. The van der Waals surface area contributed by atoms with Crippen molar-refractivity contribution in [3.8, 4) is 0 Å². The predicted octanol–water partition coefficient (Wildman–Crippen LogP) is -2.13. The van der Waals surface area contributed by atoms with E-state index >= 15 is 0 Å². The number of hydrogen-bond donors (Lipinski definition) is 4. The summed E-state index contributed by atoms with van der Waals surface area (Å²) in [5, 5.41) is 10.0. The summed E-state index contributed by atoms with van der Waals surface area (Å²) in [6.07, 6.45) is -2.51. The van der Waals surface area contributed by atoms with E-state index in [1.165, 1.54) is 7.05 Å². The average Bonchev–Trinajstić information content (AvgIpc) is 3.02. The van der Waals surface area contributed by atoms with Crippen molar-refractivity contribution >= 4 is 19.3 Å². The largest absolute Gasteiger partial charge is 0.469 e. The third kappa shape index (κ3) is 3.36. The van der Waals surface area contributed by atoms with Crippen molar-refractivity contribution in [1.82, 2.24) is 9.55 Å². The molecule has 1 fully saturated rings. The van der Waals surface area contributed by atoms with E-state index in [1.54, 1.807) is 16.8 Å². The maximum Gasteiger partial charge on any atom is 0.469 e. The molecule has 1 aromatic rings. The molecule has 0 bridgehead atoms. The summed E-state index contributed by atoms with van der Waals surface area (Å²) in [5.74, 6) is 0.282. The quantitative estimate of drug-likeness (QED) is 0.427. The van der Waals surface area contributed by atoms with Crippen LogP contribution >= 0.6 is 7.82 Å². The number of nitrogens with one attached hydrogen (secondary N) is 1. The lowest BCUT2D eigenvalue weighted by molar-refractivity contribution is -0.0216. The van der Waals surface area contributed by atoms with Crippen LogP contribution in [0.5, 0.6) is 0 Å². The van der Waals surface area contributed by atoms with E-state index in [2.05, 4.69) is 9.51 Å². The van der Waals surface area contributed by atoms with E-state index in [0.29, 0.717) is 5.69 Å². The number of fused-ring (bicyclic) bond motifs is 1. The number of H-pyrrole nitrogens is 1. The lowest BCUT2D eigenvalue weighted by atomic mass is 10.2. The molecule has 4 N–H and O–H groups in total. The smallest absolute Gasteiger partial charge is 0.390 e. The zero-order valence-electron chi connectivity index (χ0n) is 13.5. The summed E-state index contributed by atoms with van der Waals surface area (Å²) in [5.41, 5.74) is -0.734. The van der Waals surface area contributed by atoms with Crippen molar-refractivity contribution in [1.29, 1.82) is 0 Å².